The second-order valence-electron chi connectivity index (χ2n) is 5.75. The summed E-state index contributed by atoms with van der Waals surface area (Å²) in [5.41, 5.74) is 0. The maximum Gasteiger partial charge on any atom is 0.260 e. The van der Waals surface area contributed by atoms with Gasteiger partial charge >= 0.3 is 0 Å². The van der Waals surface area contributed by atoms with Gasteiger partial charge in [-0.3, -0.25) is 4.68 Å². The summed E-state index contributed by atoms with van der Waals surface area (Å²) < 4.78 is 28.7. The van der Waals surface area contributed by atoms with Crippen LogP contribution in [0.3, 0.4) is 0 Å². The minimum atomic E-state index is -3.43. The first-order valence-corrected chi connectivity index (χ1v) is 8.76. The van der Waals surface area contributed by atoms with Crippen LogP contribution >= 0.6 is 0 Å². The van der Waals surface area contributed by atoms with Gasteiger partial charge in [0.05, 0.1) is 6.20 Å². The molecule has 1 saturated carbocycles. The molecule has 0 radical (unpaired) electrons. The first-order chi connectivity index (χ1) is 9.59. The number of sulfonamides is 1. The first-order valence-electron chi connectivity index (χ1n) is 7.32. The van der Waals surface area contributed by atoms with Gasteiger partial charge in [-0.1, -0.05) is 6.42 Å². The Morgan fingerprint density at radius 1 is 1.40 bits per heavy atom. The van der Waals surface area contributed by atoms with Crippen LogP contribution in [0.15, 0.2) is 17.3 Å². The third kappa shape index (κ3) is 2.75. The molecule has 20 heavy (non-hydrogen) atoms. The summed E-state index contributed by atoms with van der Waals surface area (Å²) in [6.45, 7) is 1.58. The molecular weight excluding hydrogens is 276 g/mol. The normalized spacial score (nSPS) is 24.2. The molecule has 1 aromatic rings. The van der Waals surface area contributed by atoms with E-state index in [0.717, 1.165) is 25.8 Å². The van der Waals surface area contributed by atoms with Gasteiger partial charge in [0.2, 0.25) is 0 Å². The number of hydrogen-bond donors (Lipinski definition) is 1. The van der Waals surface area contributed by atoms with E-state index in [1.165, 1.54) is 23.7 Å². The topological polar surface area (TPSA) is 67.2 Å². The van der Waals surface area contributed by atoms with Crippen molar-refractivity contribution in [3.05, 3.63) is 12.3 Å². The SMILES string of the molecule is Cn1nccc1S(=O)(=O)N(CC1CCCCN1)C1CC1. The molecule has 2 heterocycles. The Bertz CT molecular complexity index is 559. The van der Waals surface area contributed by atoms with E-state index in [-0.39, 0.29) is 12.1 Å². The van der Waals surface area contributed by atoms with Gasteiger partial charge in [-0.25, -0.2) is 8.42 Å². The molecule has 3 rings (SSSR count). The van der Waals surface area contributed by atoms with Gasteiger partial charge in [-0.2, -0.15) is 9.40 Å². The summed E-state index contributed by atoms with van der Waals surface area (Å²) in [6.07, 6.45) is 6.92. The molecule has 6 nitrogen and oxygen atoms in total. The maximum atomic E-state index is 12.8. The highest BCUT2D eigenvalue weighted by Crippen LogP contribution is 2.32. The summed E-state index contributed by atoms with van der Waals surface area (Å²) in [4.78, 5) is 0. The molecule has 1 aliphatic carbocycles. The van der Waals surface area contributed by atoms with Crippen molar-refractivity contribution in [3.63, 3.8) is 0 Å². The fourth-order valence-corrected chi connectivity index (χ4v) is 4.67. The van der Waals surface area contributed by atoms with Crippen LogP contribution in [-0.2, 0) is 17.1 Å². The van der Waals surface area contributed by atoms with Crippen LogP contribution in [-0.4, -0.2) is 47.7 Å². The Morgan fingerprint density at radius 2 is 2.20 bits per heavy atom. The molecular formula is C13H22N4O2S. The molecule has 2 fully saturated rings. The van der Waals surface area contributed by atoms with Gasteiger partial charge < -0.3 is 5.32 Å². The minimum Gasteiger partial charge on any atom is -0.313 e. The molecule has 0 amide bonds. The van der Waals surface area contributed by atoms with Crippen molar-refractivity contribution in [3.8, 4) is 0 Å². The minimum absolute atomic E-state index is 0.179. The summed E-state index contributed by atoms with van der Waals surface area (Å²) in [5, 5.41) is 7.71. The zero-order valence-electron chi connectivity index (χ0n) is 11.8. The molecule has 1 aliphatic heterocycles. The molecule has 1 N–H and O–H groups in total. The van der Waals surface area contributed by atoms with Crippen LogP contribution in [0.2, 0.25) is 0 Å². The Hall–Kier alpha value is -0.920. The molecule has 1 unspecified atom stereocenters. The van der Waals surface area contributed by atoms with Crippen LogP contribution in [0.25, 0.3) is 0 Å². The van der Waals surface area contributed by atoms with Crippen molar-refractivity contribution in [2.75, 3.05) is 13.1 Å². The van der Waals surface area contributed by atoms with Crippen LogP contribution in [0.4, 0.5) is 0 Å². The Morgan fingerprint density at radius 3 is 2.75 bits per heavy atom. The Kier molecular flexibility index (Phi) is 3.83. The fraction of sp³-hybridized carbons (Fsp3) is 0.769. The number of hydrogen-bond acceptors (Lipinski definition) is 4. The number of nitrogens with zero attached hydrogens (tertiary/aromatic N) is 3. The van der Waals surface area contributed by atoms with Crippen molar-refractivity contribution in [2.45, 2.75) is 49.2 Å². The van der Waals surface area contributed by atoms with Gasteiger partial charge in [0.1, 0.15) is 0 Å². The predicted octanol–water partition coefficient (Wildman–Crippen LogP) is 0.715. The zero-order valence-corrected chi connectivity index (χ0v) is 12.6. The maximum absolute atomic E-state index is 12.8. The lowest BCUT2D eigenvalue weighted by atomic mass is 10.1. The number of piperidine rings is 1. The van der Waals surface area contributed by atoms with Crippen LogP contribution in [0, 0.1) is 0 Å². The number of rotatable bonds is 5. The lowest BCUT2D eigenvalue weighted by molar-refractivity contribution is 0.306. The summed E-state index contributed by atoms with van der Waals surface area (Å²) in [5.74, 6) is 0. The van der Waals surface area contributed by atoms with Crippen LogP contribution < -0.4 is 5.32 Å². The highest BCUT2D eigenvalue weighted by Gasteiger charge is 2.40. The van der Waals surface area contributed by atoms with E-state index in [4.69, 9.17) is 0 Å². The largest absolute Gasteiger partial charge is 0.313 e. The molecule has 2 aliphatic rings. The van der Waals surface area contributed by atoms with Gasteiger partial charge in [0, 0.05) is 25.7 Å². The van der Waals surface area contributed by atoms with E-state index in [9.17, 15) is 8.42 Å². The first kappa shape index (κ1) is 14.0. The summed E-state index contributed by atoms with van der Waals surface area (Å²) >= 11 is 0. The van der Waals surface area contributed by atoms with E-state index in [2.05, 4.69) is 10.4 Å². The van der Waals surface area contributed by atoms with E-state index in [0.29, 0.717) is 11.6 Å². The number of aromatic nitrogens is 2. The van der Waals surface area contributed by atoms with Gasteiger partial charge in [-0.15, -0.1) is 0 Å². The number of aryl methyl sites for hydroxylation is 1. The Labute approximate surface area is 120 Å². The van der Waals surface area contributed by atoms with Crippen LogP contribution in [0.1, 0.15) is 32.1 Å². The molecule has 112 valence electrons. The zero-order chi connectivity index (χ0) is 14.2. The average Bonchev–Trinajstić information content (AvgIpc) is 3.18. The molecule has 0 aromatic carbocycles. The van der Waals surface area contributed by atoms with E-state index < -0.39 is 10.0 Å². The predicted molar refractivity (Wildman–Crippen MR) is 75.8 cm³/mol. The summed E-state index contributed by atoms with van der Waals surface area (Å²) in [7, 11) is -1.75. The Balaban J connectivity index is 1.81. The highest BCUT2D eigenvalue weighted by atomic mass is 32.2. The van der Waals surface area contributed by atoms with E-state index in [1.807, 2.05) is 0 Å². The average molecular weight is 298 g/mol. The lowest BCUT2D eigenvalue weighted by Gasteiger charge is -2.30. The smallest absolute Gasteiger partial charge is 0.260 e. The lowest BCUT2D eigenvalue weighted by Crippen LogP contribution is -2.46. The van der Waals surface area contributed by atoms with Gasteiger partial charge in [0.25, 0.3) is 10.0 Å². The molecule has 1 saturated heterocycles. The van der Waals surface area contributed by atoms with Crippen molar-refractivity contribution in [1.82, 2.24) is 19.4 Å². The van der Waals surface area contributed by atoms with Gasteiger partial charge in [0.15, 0.2) is 5.03 Å². The van der Waals surface area contributed by atoms with Crippen molar-refractivity contribution in [1.29, 1.82) is 0 Å². The van der Waals surface area contributed by atoms with Gasteiger partial charge in [-0.05, 0) is 38.3 Å². The van der Waals surface area contributed by atoms with Crippen molar-refractivity contribution < 1.29 is 8.42 Å². The number of nitrogens with one attached hydrogen (secondary N) is 1. The fourth-order valence-electron chi connectivity index (χ4n) is 2.84. The monoisotopic (exact) mass is 298 g/mol. The van der Waals surface area contributed by atoms with E-state index >= 15 is 0 Å². The van der Waals surface area contributed by atoms with Crippen molar-refractivity contribution >= 4 is 10.0 Å². The quantitative estimate of drug-likeness (QED) is 0.869. The second-order valence-corrected chi connectivity index (χ2v) is 7.58. The van der Waals surface area contributed by atoms with Crippen LogP contribution in [0.5, 0.6) is 0 Å². The summed E-state index contributed by atoms with van der Waals surface area (Å²) in [6, 6.07) is 2.05. The third-order valence-corrected chi connectivity index (χ3v) is 6.11. The second kappa shape index (κ2) is 5.46. The van der Waals surface area contributed by atoms with Crippen molar-refractivity contribution in [2.24, 2.45) is 7.05 Å². The van der Waals surface area contributed by atoms with E-state index in [1.54, 1.807) is 17.4 Å². The molecule has 1 atom stereocenters. The molecule has 0 spiro atoms. The molecule has 7 heteroatoms. The highest BCUT2D eigenvalue weighted by molar-refractivity contribution is 7.89. The standard InChI is InChI=1S/C13H22N4O2S/c1-16-13(7-9-15-16)20(18,19)17(12-5-6-12)10-11-4-2-3-8-14-11/h7,9,11-12,14H,2-6,8,10H2,1H3. The molecule has 0 bridgehead atoms. The molecule has 1 aromatic heterocycles. The third-order valence-electron chi connectivity index (χ3n) is 4.12.